The number of pyridine rings is 2. The average molecular weight is 239 g/mol. The number of nitrogens with two attached hydrogens (primary N) is 1. The lowest BCUT2D eigenvalue weighted by Gasteiger charge is -2.10. The van der Waals surface area contributed by atoms with Crippen LogP contribution in [0.15, 0.2) is 36.8 Å². The van der Waals surface area contributed by atoms with Gasteiger partial charge in [0.25, 0.3) is 0 Å². The molecule has 2 heterocycles. The van der Waals surface area contributed by atoms with Crippen LogP contribution in [0.3, 0.4) is 0 Å². The maximum atomic E-state index is 12.5. The molecule has 0 radical (unpaired) electrons. The number of hydrogen-bond acceptors (Lipinski definition) is 3. The molecule has 0 saturated heterocycles. The highest BCUT2D eigenvalue weighted by atomic mass is 19.4. The van der Waals surface area contributed by atoms with Crippen molar-refractivity contribution in [2.24, 2.45) is 0 Å². The number of nitrogen functional groups attached to an aromatic ring is 1. The van der Waals surface area contributed by atoms with Crippen molar-refractivity contribution in [2.45, 2.75) is 6.18 Å². The van der Waals surface area contributed by atoms with E-state index in [1.54, 1.807) is 12.1 Å². The van der Waals surface area contributed by atoms with Gasteiger partial charge in [0.15, 0.2) is 0 Å². The quantitative estimate of drug-likeness (QED) is 0.832. The topological polar surface area (TPSA) is 51.8 Å². The number of hydrogen-bond donors (Lipinski definition) is 1. The smallest absolute Gasteiger partial charge is 0.383 e. The Hall–Kier alpha value is -2.11. The van der Waals surface area contributed by atoms with Gasteiger partial charge in [-0.1, -0.05) is 6.07 Å². The number of nitrogens with zero attached hydrogens (tertiary/aromatic N) is 2. The lowest BCUT2D eigenvalue weighted by atomic mass is 10.1. The SMILES string of the molecule is Nc1ncc(C(F)(F)F)cc1-c1cccnc1. The fourth-order valence-electron chi connectivity index (χ4n) is 1.38. The monoisotopic (exact) mass is 239 g/mol. The normalized spacial score (nSPS) is 11.5. The summed E-state index contributed by atoms with van der Waals surface area (Å²) in [5.74, 6) is 0.0472. The summed E-state index contributed by atoms with van der Waals surface area (Å²) in [6, 6.07) is 4.22. The average Bonchev–Trinajstić information content (AvgIpc) is 2.29. The van der Waals surface area contributed by atoms with Gasteiger partial charge in [-0.15, -0.1) is 0 Å². The summed E-state index contributed by atoms with van der Waals surface area (Å²) in [6.07, 6.45) is -0.749. The predicted octanol–water partition coefficient (Wildman–Crippen LogP) is 2.74. The van der Waals surface area contributed by atoms with E-state index in [1.165, 1.54) is 12.4 Å². The van der Waals surface area contributed by atoms with Crippen molar-refractivity contribution in [3.63, 3.8) is 0 Å². The Balaban J connectivity index is 2.55. The van der Waals surface area contributed by atoms with Gasteiger partial charge in [-0.05, 0) is 12.1 Å². The molecule has 2 aromatic rings. The second-order valence-corrected chi connectivity index (χ2v) is 3.40. The summed E-state index contributed by atoms with van der Waals surface area (Å²) in [7, 11) is 0. The van der Waals surface area contributed by atoms with Crippen LogP contribution >= 0.6 is 0 Å². The molecule has 0 amide bonds. The van der Waals surface area contributed by atoms with E-state index >= 15 is 0 Å². The molecule has 0 aliphatic heterocycles. The van der Waals surface area contributed by atoms with Crippen LogP contribution in [0, 0.1) is 0 Å². The zero-order valence-corrected chi connectivity index (χ0v) is 8.57. The molecule has 0 aliphatic rings. The first-order valence-corrected chi connectivity index (χ1v) is 4.71. The molecule has 0 unspecified atom stereocenters. The largest absolute Gasteiger partial charge is 0.417 e. The molecule has 0 aromatic carbocycles. The molecule has 17 heavy (non-hydrogen) atoms. The van der Waals surface area contributed by atoms with Crippen LogP contribution in [0.25, 0.3) is 11.1 Å². The van der Waals surface area contributed by atoms with Gasteiger partial charge in [0.2, 0.25) is 0 Å². The Morgan fingerprint density at radius 3 is 2.53 bits per heavy atom. The molecular formula is C11H8F3N3. The van der Waals surface area contributed by atoms with Crippen molar-refractivity contribution >= 4 is 5.82 Å². The summed E-state index contributed by atoms with van der Waals surface area (Å²) in [5.41, 5.74) is 5.46. The summed E-state index contributed by atoms with van der Waals surface area (Å²) >= 11 is 0. The van der Waals surface area contributed by atoms with Crippen molar-refractivity contribution in [1.82, 2.24) is 9.97 Å². The van der Waals surface area contributed by atoms with Gasteiger partial charge in [-0.3, -0.25) is 4.98 Å². The van der Waals surface area contributed by atoms with E-state index in [2.05, 4.69) is 9.97 Å². The Bertz CT molecular complexity index is 523. The summed E-state index contributed by atoms with van der Waals surface area (Å²) in [6.45, 7) is 0. The molecule has 88 valence electrons. The number of aromatic nitrogens is 2. The molecule has 2 aromatic heterocycles. The van der Waals surface area contributed by atoms with Crippen LogP contribution in [0.1, 0.15) is 5.56 Å². The molecule has 0 saturated carbocycles. The van der Waals surface area contributed by atoms with Crippen LogP contribution < -0.4 is 5.73 Å². The molecule has 0 spiro atoms. The minimum absolute atomic E-state index is 0.0472. The Kier molecular flexibility index (Phi) is 2.71. The van der Waals surface area contributed by atoms with Crippen molar-refractivity contribution < 1.29 is 13.2 Å². The fraction of sp³-hybridized carbons (Fsp3) is 0.0909. The van der Waals surface area contributed by atoms with Crippen molar-refractivity contribution in [2.75, 3.05) is 5.73 Å². The molecule has 0 fully saturated rings. The van der Waals surface area contributed by atoms with Crippen molar-refractivity contribution in [1.29, 1.82) is 0 Å². The van der Waals surface area contributed by atoms with Gasteiger partial charge in [0, 0.05) is 29.7 Å². The third-order valence-electron chi connectivity index (χ3n) is 2.22. The molecule has 0 atom stereocenters. The van der Waals surface area contributed by atoms with Crippen molar-refractivity contribution in [3.8, 4) is 11.1 Å². The predicted molar refractivity (Wildman–Crippen MR) is 56.9 cm³/mol. The molecule has 0 aliphatic carbocycles. The maximum absolute atomic E-state index is 12.5. The molecule has 6 heteroatoms. The van der Waals surface area contributed by atoms with Gasteiger partial charge >= 0.3 is 6.18 Å². The standard InChI is InChI=1S/C11H8F3N3/c12-11(13,14)8-4-9(10(15)17-6-8)7-2-1-3-16-5-7/h1-6H,(H2,15,17). The van der Waals surface area contributed by atoms with E-state index in [-0.39, 0.29) is 11.4 Å². The zero-order valence-electron chi connectivity index (χ0n) is 8.57. The van der Waals surface area contributed by atoms with Gasteiger partial charge < -0.3 is 5.73 Å². The Morgan fingerprint density at radius 1 is 1.18 bits per heavy atom. The fourth-order valence-corrected chi connectivity index (χ4v) is 1.38. The molecule has 2 N–H and O–H groups in total. The number of halogens is 3. The van der Waals surface area contributed by atoms with Crippen LogP contribution in [0.5, 0.6) is 0 Å². The highest BCUT2D eigenvalue weighted by molar-refractivity contribution is 5.73. The van der Waals surface area contributed by atoms with Gasteiger partial charge in [0.05, 0.1) is 5.56 Å². The van der Waals surface area contributed by atoms with Crippen molar-refractivity contribution in [3.05, 3.63) is 42.4 Å². The molecule has 2 rings (SSSR count). The Labute approximate surface area is 95.1 Å². The highest BCUT2D eigenvalue weighted by Gasteiger charge is 2.31. The lowest BCUT2D eigenvalue weighted by molar-refractivity contribution is -0.137. The molecule has 0 bridgehead atoms. The maximum Gasteiger partial charge on any atom is 0.417 e. The second-order valence-electron chi connectivity index (χ2n) is 3.40. The third kappa shape index (κ3) is 2.35. The van der Waals surface area contributed by atoms with E-state index in [9.17, 15) is 13.2 Å². The van der Waals surface area contributed by atoms with Crippen LogP contribution in [-0.4, -0.2) is 9.97 Å². The van der Waals surface area contributed by atoms with Gasteiger partial charge in [0.1, 0.15) is 5.82 Å². The minimum Gasteiger partial charge on any atom is -0.383 e. The van der Waals surface area contributed by atoms with E-state index < -0.39 is 11.7 Å². The molecular weight excluding hydrogens is 231 g/mol. The van der Waals surface area contributed by atoms with E-state index in [1.807, 2.05) is 0 Å². The molecule has 3 nitrogen and oxygen atoms in total. The zero-order chi connectivity index (χ0) is 12.5. The first-order chi connectivity index (χ1) is 7.98. The summed E-state index contributed by atoms with van der Waals surface area (Å²) < 4.78 is 37.6. The number of alkyl halides is 3. The number of rotatable bonds is 1. The first kappa shape index (κ1) is 11.4. The summed E-state index contributed by atoms with van der Waals surface area (Å²) in [4.78, 5) is 7.38. The Morgan fingerprint density at radius 2 is 1.94 bits per heavy atom. The van der Waals surface area contributed by atoms with E-state index in [0.29, 0.717) is 5.56 Å². The third-order valence-corrected chi connectivity index (χ3v) is 2.22. The van der Waals surface area contributed by atoms with Crippen LogP contribution in [0.2, 0.25) is 0 Å². The van der Waals surface area contributed by atoms with Gasteiger partial charge in [-0.25, -0.2) is 4.98 Å². The van der Waals surface area contributed by atoms with Crippen LogP contribution in [0.4, 0.5) is 19.0 Å². The second kappa shape index (κ2) is 4.04. The van der Waals surface area contributed by atoms with Crippen LogP contribution in [-0.2, 0) is 6.18 Å². The highest BCUT2D eigenvalue weighted by Crippen LogP contribution is 2.33. The minimum atomic E-state index is -4.43. The lowest BCUT2D eigenvalue weighted by Crippen LogP contribution is -2.07. The van der Waals surface area contributed by atoms with E-state index in [0.717, 1.165) is 12.3 Å². The van der Waals surface area contributed by atoms with Gasteiger partial charge in [-0.2, -0.15) is 13.2 Å². The van der Waals surface area contributed by atoms with E-state index in [4.69, 9.17) is 5.73 Å². The first-order valence-electron chi connectivity index (χ1n) is 4.71. The summed E-state index contributed by atoms with van der Waals surface area (Å²) in [5, 5.41) is 0. The number of anilines is 1.